The van der Waals surface area contributed by atoms with Gasteiger partial charge in [-0.25, -0.2) is 0 Å². The second-order valence-corrected chi connectivity index (χ2v) is 5.39. The first-order valence-corrected chi connectivity index (χ1v) is 7.49. The van der Waals surface area contributed by atoms with E-state index in [1.165, 1.54) is 0 Å². The lowest BCUT2D eigenvalue weighted by Gasteiger charge is -2.31. The first-order valence-electron chi connectivity index (χ1n) is 7.49. The number of fused-ring (bicyclic) bond motifs is 1. The second kappa shape index (κ2) is 6.71. The predicted molar refractivity (Wildman–Crippen MR) is 86.7 cm³/mol. The lowest BCUT2D eigenvalue weighted by molar-refractivity contribution is -0.128. The van der Waals surface area contributed by atoms with E-state index < -0.39 is 6.10 Å². The molecule has 1 aliphatic rings. The molecule has 0 aliphatic carbocycles. The van der Waals surface area contributed by atoms with Gasteiger partial charge in [-0.2, -0.15) is 0 Å². The molecule has 1 aliphatic heterocycles. The summed E-state index contributed by atoms with van der Waals surface area (Å²) < 4.78 is 16.7. The van der Waals surface area contributed by atoms with Crippen LogP contribution in [0.4, 0.5) is 5.69 Å². The number of carbonyl (C=O) groups excluding carboxylic acids is 1. The van der Waals surface area contributed by atoms with E-state index in [2.05, 4.69) is 5.32 Å². The van der Waals surface area contributed by atoms with Gasteiger partial charge in [0.1, 0.15) is 6.10 Å². The molecular formula is C18H19NO4. The van der Waals surface area contributed by atoms with Crippen molar-refractivity contribution >= 4 is 11.6 Å². The quantitative estimate of drug-likeness (QED) is 0.943. The van der Waals surface area contributed by atoms with Crippen LogP contribution >= 0.6 is 0 Å². The number of hydrogen-bond acceptors (Lipinski definition) is 4. The van der Waals surface area contributed by atoms with Crippen LogP contribution in [0.15, 0.2) is 48.5 Å². The fourth-order valence-corrected chi connectivity index (χ4v) is 2.53. The first-order chi connectivity index (χ1) is 11.2. The number of nitrogens with one attached hydrogen (secondary N) is 1. The third-order valence-corrected chi connectivity index (χ3v) is 3.68. The number of hydrogen-bond donors (Lipinski definition) is 1. The van der Waals surface area contributed by atoms with Crippen LogP contribution in [-0.4, -0.2) is 25.2 Å². The van der Waals surface area contributed by atoms with Crippen LogP contribution in [0.5, 0.6) is 11.5 Å². The van der Waals surface area contributed by atoms with Crippen LogP contribution < -0.4 is 14.8 Å². The minimum Gasteiger partial charge on any atom is -0.482 e. The molecule has 120 valence electrons. The fraction of sp³-hybridized carbons (Fsp3) is 0.278. The summed E-state index contributed by atoms with van der Waals surface area (Å²) in [7, 11) is 1.62. The highest BCUT2D eigenvalue weighted by atomic mass is 16.6. The zero-order valence-corrected chi connectivity index (χ0v) is 13.1. The van der Waals surface area contributed by atoms with Crippen molar-refractivity contribution in [1.82, 2.24) is 0 Å². The molecule has 0 unspecified atom stereocenters. The van der Waals surface area contributed by atoms with E-state index in [1.807, 2.05) is 49.4 Å². The number of amides is 1. The van der Waals surface area contributed by atoms with Gasteiger partial charge >= 0.3 is 0 Å². The molecule has 0 saturated carbocycles. The van der Waals surface area contributed by atoms with Crippen molar-refractivity contribution in [2.45, 2.75) is 25.7 Å². The molecule has 5 heteroatoms. The van der Waals surface area contributed by atoms with Crippen molar-refractivity contribution in [3.63, 3.8) is 0 Å². The van der Waals surface area contributed by atoms with Gasteiger partial charge in [0.15, 0.2) is 11.5 Å². The number of anilines is 1. The number of rotatable bonds is 4. The Kier molecular flexibility index (Phi) is 4.48. The van der Waals surface area contributed by atoms with E-state index in [0.29, 0.717) is 23.8 Å². The van der Waals surface area contributed by atoms with Gasteiger partial charge in [-0.3, -0.25) is 4.79 Å². The van der Waals surface area contributed by atoms with E-state index in [9.17, 15) is 4.79 Å². The summed E-state index contributed by atoms with van der Waals surface area (Å²) in [5.74, 6) is 0.996. The maximum absolute atomic E-state index is 12.6. The normalized spacial score (nSPS) is 19.2. The third kappa shape index (κ3) is 3.29. The van der Waals surface area contributed by atoms with Gasteiger partial charge < -0.3 is 19.5 Å². The molecule has 5 nitrogen and oxygen atoms in total. The molecule has 2 atom stereocenters. The van der Waals surface area contributed by atoms with Crippen molar-refractivity contribution in [2.75, 3.05) is 12.4 Å². The Hall–Kier alpha value is -2.53. The molecule has 1 heterocycles. The zero-order valence-electron chi connectivity index (χ0n) is 13.1. The maximum Gasteiger partial charge on any atom is 0.269 e. The number of ether oxygens (including phenoxy) is 3. The van der Waals surface area contributed by atoms with Gasteiger partial charge in [0.25, 0.3) is 5.91 Å². The van der Waals surface area contributed by atoms with E-state index in [0.717, 1.165) is 5.56 Å². The molecule has 0 radical (unpaired) electrons. The summed E-state index contributed by atoms with van der Waals surface area (Å²) in [5.41, 5.74) is 1.63. The molecule has 23 heavy (non-hydrogen) atoms. The third-order valence-electron chi connectivity index (χ3n) is 3.68. The average Bonchev–Trinajstić information content (AvgIpc) is 2.56. The minimum atomic E-state index is -0.708. The number of benzene rings is 2. The molecule has 0 aromatic heterocycles. The van der Waals surface area contributed by atoms with Crippen LogP contribution in [0.25, 0.3) is 0 Å². The molecule has 0 spiro atoms. The highest BCUT2D eigenvalue weighted by Gasteiger charge is 2.34. The van der Waals surface area contributed by atoms with Gasteiger partial charge in [-0.05, 0) is 25.1 Å². The molecule has 3 rings (SSSR count). The summed E-state index contributed by atoms with van der Waals surface area (Å²) in [4.78, 5) is 12.6. The molecule has 2 aromatic rings. The van der Waals surface area contributed by atoms with Crippen molar-refractivity contribution < 1.29 is 19.0 Å². The van der Waals surface area contributed by atoms with Crippen LogP contribution in [-0.2, 0) is 16.1 Å². The SMILES string of the molecule is COCc1ccccc1NC(=O)[C@H]1Oc2ccccc2O[C@H]1C. The number of carbonyl (C=O) groups is 1. The van der Waals surface area contributed by atoms with Crippen LogP contribution in [0.2, 0.25) is 0 Å². The van der Waals surface area contributed by atoms with Crippen molar-refractivity contribution in [1.29, 1.82) is 0 Å². The Morgan fingerprint density at radius 3 is 2.48 bits per heavy atom. The molecule has 1 N–H and O–H groups in total. The Bertz CT molecular complexity index is 701. The molecule has 0 bridgehead atoms. The Labute approximate surface area is 135 Å². The van der Waals surface area contributed by atoms with Crippen LogP contribution in [0.1, 0.15) is 12.5 Å². The van der Waals surface area contributed by atoms with E-state index in [4.69, 9.17) is 14.2 Å². The van der Waals surface area contributed by atoms with E-state index in [1.54, 1.807) is 13.2 Å². The smallest absolute Gasteiger partial charge is 0.269 e. The monoisotopic (exact) mass is 313 g/mol. The fourth-order valence-electron chi connectivity index (χ4n) is 2.53. The largest absolute Gasteiger partial charge is 0.482 e. The van der Waals surface area contributed by atoms with Gasteiger partial charge in [-0.1, -0.05) is 30.3 Å². The molecular weight excluding hydrogens is 294 g/mol. The number of para-hydroxylation sites is 3. The predicted octanol–water partition coefficient (Wildman–Crippen LogP) is 3.00. The Balaban J connectivity index is 1.76. The Morgan fingerprint density at radius 1 is 1.09 bits per heavy atom. The van der Waals surface area contributed by atoms with Crippen LogP contribution in [0, 0.1) is 0 Å². The zero-order chi connectivity index (χ0) is 16.2. The second-order valence-electron chi connectivity index (χ2n) is 5.39. The topological polar surface area (TPSA) is 56.8 Å². The van der Waals surface area contributed by atoms with Crippen LogP contribution in [0.3, 0.4) is 0 Å². The average molecular weight is 313 g/mol. The van der Waals surface area contributed by atoms with Gasteiger partial charge in [0.2, 0.25) is 6.10 Å². The summed E-state index contributed by atoms with van der Waals surface area (Å²) in [6.07, 6.45) is -1.08. The summed E-state index contributed by atoms with van der Waals surface area (Å²) in [5, 5.41) is 2.90. The summed E-state index contributed by atoms with van der Waals surface area (Å²) in [6.45, 7) is 2.25. The lowest BCUT2D eigenvalue weighted by Crippen LogP contribution is -2.46. The molecule has 2 aromatic carbocycles. The van der Waals surface area contributed by atoms with Gasteiger partial charge in [-0.15, -0.1) is 0 Å². The summed E-state index contributed by atoms with van der Waals surface area (Å²) >= 11 is 0. The van der Waals surface area contributed by atoms with Crippen molar-refractivity contribution in [3.05, 3.63) is 54.1 Å². The molecule has 0 fully saturated rings. The lowest BCUT2D eigenvalue weighted by atomic mass is 10.1. The Morgan fingerprint density at radius 2 is 1.74 bits per heavy atom. The maximum atomic E-state index is 12.6. The standard InChI is InChI=1S/C18H19NO4/c1-12-17(23-16-10-6-5-9-15(16)22-12)18(20)19-14-8-4-3-7-13(14)11-21-2/h3-10,12,17H,11H2,1-2H3,(H,19,20)/t12-,17-/m0/s1. The minimum absolute atomic E-state index is 0.240. The van der Waals surface area contributed by atoms with E-state index >= 15 is 0 Å². The highest BCUT2D eigenvalue weighted by molar-refractivity contribution is 5.95. The highest BCUT2D eigenvalue weighted by Crippen LogP contribution is 2.33. The van der Waals surface area contributed by atoms with E-state index in [-0.39, 0.29) is 12.0 Å². The van der Waals surface area contributed by atoms with Crippen molar-refractivity contribution in [3.8, 4) is 11.5 Å². The van der Waals surface area contributed by atoms with Gasteiger partial charge in [0.05, 0.1) is 6.61 Å². The molecule has 1 amide bonds. The number of methoxy groups -OCH3 is 1. The van der Waals surface area contributed by atoms with Crippen molar-refractivity contribution in [2.24, 2.45) is 0 Å². The summed E-state index contributed by atoms with van der Waals surface area (Å²) in [6, 6.07) is 14.9. The first kappa shape index (κ1) is 15.4. The molecule has 0 saturated heterocycles. The van der Waals surface area contributed by atoms with Gasteiger partial charge in [0, 0.05) is 18.4 Å².